The molecule has 1 nitrogen and oxygen atoms in total. The fourth-order valence-corrected chi connectivity index (χ4v) is 1.63. The van der Waals surface area contributed by atoms with Gasteiger partial charge in [0.1, 0.15) is 5.82 Å². The Labute approximate surface area is 95.6 Å². The molecule has 3 heteroatoms. The summed E-state index contributed by atoms with van der Waals surface area (Å²) < 4.78 is 13.3. The lowest BCUT2D eigenvalue weighted by atomic mass is 10.1. The Kier molecular flexibility index (Phi) is 5.06. The van der Waals surface area contributed by atoms with E-state index in [1.165, 1.54) is 6.07 Å². The molecule has 0 aliphatic heterocycles. The molecule has 0 saturated carbocycles. The number of halogens is 2. The van der Waals surface area contributed by atoms with Gasteiger partial charge in [-0.05, 0) is 37.6 Å². The van der Waals surface area contributed by atoms with Crippen LogP contribution in [0.15, 0.2) is 18.2 Å². The van der Waals surface area contributed by atoms with E-state index in [-0.39, 0.29) is 5.82 Å². The lowest BCUT2D eigenvalue weighted by Gasteiger charge is -2.08. The van der Waals surface area contributed by atoms with E-state index < -0.39 is 0 Å². The van der Waals surface area contributed by atoms with Gasteiger partial charge < -0.3 is 5.32 Å². The largest absolute Gasteiger partial charge is 0.316 e. The van der Waals surface area contributed by atoms with Crippen LogP contribution in [0.4, 0.5) is 4.39 Å². The molecule has 15 heavy (non-hydrogen) atoms. The van der Waals surface area contributed by atoms with Gasteiger partial charge >= 0.3 is 0 Å². The van der Waals surface area contributed by atoms with Gasteiger partial charge in [0.15, 0.2) is 0 Å². The minimum atomic E-state index is -0.214. The van der Waals surface area contributed by atoms with Crippen molar-refractivity contribution in [3.05, 3.63) is 34.6 Å². The second kappa shape index (κ2) is 6.09. The normalized spacial score (nSPS) is 11.0. The third-order valence-electron chi connectivity index (χ3n) is 2.17. The van der Waals surface area contributed by atoms with Gasteiger partial charge in [0.05, 0.1) is 0 Å². The molecule has 1 rings (SSSR count). The topological polar surface area (TPSA) is 12.0 Å². The van der Waals surface area contributed by atoms with Crippen molar-refractivity contribution in [3.63, 3.8) is 0 Å². The summed E-state index contributed by atoms with van der Waals surface area (Å²) >= 11 is 5.90. The van der Waals surface area contributed by atoms with Crippen LogP contribution in [0.5, 0.6) is 0 Å². The minimum Gasteiger partial charge on any atom is -0.316 e. The first-order chi connectivity index (χ1) is 7.11. The van der Waals surface area contributed by atoms with E-state index in [0.717, 1.165) is 13.1 Å². The number of benzene rings is 1. The number of hydrogen-bond donors (Lipinski definition) is 1. The third kappa shape index (κ3) is 4.18. The molecule has 0 aromatic heterocycles. The molecule has 84 valence electrons. The molecule has 0 heterocycles. The van der Waals surface area contributed by atoms with E-state index in [1.54, 1.807) is 12.1 Å². The van der Waals surface area contributed by atoms with E-state index >= 15 is 0 Å². The van der Waals surface area contributed by atoms with E-state index in [9.17, 15) is 4.39 Å². The Morgan fingerprint density at radius 1 is 1.40 bits per heavy atom. The van der Waals surface area contributed by atoms with E-state index in [1.807, 2.05) is 0 Å². The molecular formula is C12H17ClFN. The van der Waals surface area contributed by atoms with Gasteiger partial charge in [-0.25, -0.2) is 4.39 Å². The molecule has 0 saturated heterocycles. The van der Waals surface area contributed by atoms with Crippen LogP contribution in [0.2, 0.25) is 5.02 Å². The third-order valence-corrected chi connectivity index (χ3v) is 2.52. The molecule has 0 bridgehead atoms. The zero-order valence-electron chi connectivity index (χ0n) is 9.19. The minimum absolute atomic E-state index is 0.214. The average molecular weight is 230 g/mol. The van der Waals surface area contributed by atoms with Gasteiger partial charge in [0.25, 0.3) is 0 Å². The molecule has 0 unspecified atom stereocenters. The first kappa shape index (κ1) is 12.5. The van der Waals surface area contributed by atoms with E-state index in [2.05, 4.69) is 19.2 Å². The molecule has 0 aliphatic rings. The van der Waals surface area contributed by atoms with Crippen LogP contribution in [0.1, 0.15) is 19.4 Å². The molecular weight excluding hydrogens is 213 g/mol. The average Bonchev–Trinajstić information content (AvgIpc) is 2.15. The Morgan fingerprint density at radius 2 is 2.13 bits per heavy atom. The highest BCUT2D eigenvalue weighted by Gasteiger charge is 2.05. The van der Waals surface area contributed by atoms with Crippen LogP contribution in [-0.4, -0.2) is 13.1 Å². The molecule has 0 amide bonds. The summed E-state index contributed by atoms with van der Waals surface area (Å²) in [6, 6.07) is 4.80. The van der Waals surface area contributed by atoms with Crippen molar-refractivity contribution in [2.75, 3.05) is 13.1 Å². The van der Waals surface area contributed by atoms with E-state index in [0.29, 0.717) is 22.9 Å². The maximum Gasteiger partial charge on any atom is 0.127 e. The monoisotopic (exact) mass is 229 g/mol. The summed E-state index contributed by atoms with van der Waals surface area (Å²) in [6.07, 6.45) is 0.637. The lowest BCUT2D eigenvalue weighted by molar-refractivity contribution is 0.546. The molecule has 1 aromatic rings. The first-order valence-corrected chi connectivity index (χ1v) is 5.62. The van der Waals surface area contributed by atoms with Crippen LogP contribution in [0, 0.1) is 11.7 Å². The quantitative estimate of drug-likeness (QED) is 0.765. The number of hydrogen-bond acceptors (Lipinski definition) is 1. The summed E-state index contributed by atoms with van der Waals surface area (Å²) in [5.41, 5.74) is 0.607. The van der Waals surface area contributed by atoms with Crippen LogP contribution >= 0.6 is 11.6 Å². The van der Waals surface area contributed by atoms with Crippen molar-refractivity contribution in [2.45, 2.75) is 20.3 Å². The Morgan fingerprint density at radius 3 is 2.73 bits per heavy atom. The highest BCUT2D eigenvalue weighted by molar-refractivity contribution is 6.31. The van der Waals surface area contributed by atoms with Crippen LogP contribution < -0.4 is 5.32 Å². The fourth-order valence-electron chi connectivity index (χ4n) is 1.38. The first-order valence-electron chi connectivity index (χ1n) is 5.25. The van der Waals surface area contributed by atoms with Gasteiger partial charge in [0, 0.05) is 10.6 Å². The van der Waals surface area contributed by atoms with Gasteiger partial charge in [-0.3, -0.25) is 0 Å². The predicted octanol–water partition coefficient (Wildman–Crippen LogP) is 3.27. The SMILES string of the molecule is CC(C)CNCCc1c(F)cccc1Cl. The Bertz CT molecular complexity index is 292. The molecule has 0 aliphatic carbocycles. The second-order valence-electron chi connectivity index (χ2n) is 4.05. The second-order valence-corrected chi connectivity index (χ2v) is 4.46. The van der Waals surface area contributed by atoms with Gasteiger partial charge in [0.2, 0.25) is 0 Å². The van der Waals surface area contributed by atoms with Crippen molar-refractivity contribution in [1.82, 2.24) is 5.32 Å². The summed E-state index contributed by atoms with van der Waals surface area (Å²) in [5, 5.41) is 3.78. The Hall–Kier alpha value is -0.600. The Balaban J connectivity index is 2.43. The highest BCUT2D eigenvalue weighted by Crippen LogP contribution is 2.18. The van der Waals surface area contributed by atoms with Gasteiger partial charge in [-0.1, -0.05) is 31.5 Å². The van der Waals surface area contributed by atoms with Crippen LogP contribution in [0.25, 0.3) is 0 Å². The maximum atomic E-state index is 13.3. The van der Waals surface area contributed by atoms with Crippen molar-refractivity contribution in [3.8, 4) is 0 Å². The summed E-state index contributed by atoms with van der Waals surface area (Å²) in [5.74, 6) is 0.398. The zero-order valence-corrected chi connectivity index (χ0v) is 9.94. The summed E-state index contributed by atoms with van der Waals surface area (Å²) in [7, 11) is 0. The lowest BCUT2D eigenvalue weighted by Crippen LogP contribution is -2.22. The number of rotatable bonds is 5. The summed E-state index contributed by atoms with van der Waals surface area (Å²) in [6.45, 7) is 6.00. The van der Waals surface area contributed by atoms with Crippen LogP contribution in [-0.2, 0) is 6.42 Å². The standard InChI is InChI=1S/C12H17ClFN/c1-9(2)8-15-7-6-10-11(13)4-3-5-12(10)14/h3-5,9,15H,6-8H2,1-2H3. The molecule has 0 fully saturated rings. The molecule has 1 N–H and O–H groups in total. The number of nitrogens with one attached hydrogen (secondary N) is 1. The van der Waals surface area contributed by atoms with Crippen molar-refractivity contribution < 1.29 is 4.39 Å². The summed E-state index contributed by atoms with van der Waals surface area (Å²) in [4.78, 5) is 0. The van der Waals surface area contributed by atoms with Gasteiger partial charge in [-0.2, -0.15) is 0 Å². The molecule has 0 radical (unpaired) electrons. The van der Waals surface area contributed by atoms with Crippen molar-refractivity contribution in [2.24, 2.45) is 5.92 Å². The smallest absolute Gasteiger partial charge is 0.127 e. The maximum absolute atomic E-state index is 13.3. The van der Waals surface area contributed by atoms with Crippen molar-refractivity contribution in [1.29, 1.82) is 0 Å². The molecule has 0 spiro atoms. The van der Waals surface area contributed by atoms with Crippen LogP contribution in [0.3, 0.4) is 0 Å². The van der Waals surface area contributed by atoms with Gasteiger partial charge in [-0.15, -0.1) is 0 Å². The molecule has 0 atom stereocenters. The fraction of sp³-hybridized carbons (Fsp3) is 0.500. The van der Waals surface area contributed by atoms with E-state index in [4.69, 9.17) is 11.6 Å². The predicted molar refractivity (Wildman–Crippen MR) is 62.8 cm³/mol. The van der Waals surface area contributed by atoms with Crippen molar-refractivity contribution >= 4 is 11.6 Å². The highest BCUT2D eigenvalue weighted by atomic mass is 35.5. The molecule has 1 aromatic carbocycles. The zero-order chi connectivity index (χ0) is 11.3.